The Morgan fingerprint density at radius 1 is 1.28 bits per heavy atom. The van der Waals surface area contributed by atoms with Gasteiger partial charge in [0.1, 0.15) is 18.5 Å². The molecule has 0 spiro atoms. The molecule has 5 nitrogen and oxygen atoms in total. The van der Waals surface area contributed by atoms with Gasteiger partial charge < -0.3 is 14.4 Å². The van der Waals surface area contributed by atoms with Gasteiger partial charge in [-0.3, -0.25) is 9.78 Å². The summed E-state index contributed by atoms with van der Waals surface area (Å²) < 4.78 is 49.2. The van der Waals surface area contributed by atoms with Gasteiger partial charge in [0.05, 0.1) is 30.7 Å². The van der Waals surface area contributed by atoms with Crippen LogP contribution in [0.4, 0.5) is 13.2 Å². The molecule has 29 heavy (non-hydrogen) atoms. The summed E-state index contributed by atoms with van der Waals surface area (Å²) >= 11 is 1.22. The van der Waals surface area contributed by atoms with Gasteiger partial charge in [-0.1, -0.05) is 0 Å². The van der Waals surface area contributed by atoms with Gasteiger partial charge in [-0.25, -0.2) is 0 Å². The van der Waals surface area contributed by atoms with E-state index >= 15 is 0 Å². The SMILES string of the molecule is Cc1ccc(OCC2CN(C(=O)CSc3ccc(C(F)(F)F)cc3)CCO2)cn1. The molecule has 0 aliphatic carbocycles. The van der Waals surface area contributed by atoms with Crippen LogP contribution in [0.25, 0.3) is 0 Å². The van der Waals surface area contributed by atoms with Crippen molar-refractivity contribution in [2.24, 2.45) is 0 Å². The first-order valence-corrected chi connectivity index (χ1v) is 10.0. The predicted octanol–water partition coefficient (Wildman–Crippen LogP) is 3.81. The van der Waals surface area contributed by atoms with Crippen LogP contribution >= 0.6 is 11.8 Å². The van der Waals surface area contributed by atoms with Crippen LogP contribution in [0, 0.1) is 6.92 Å². The summed E-state index contributed by atoms with van der Waals surface area (Å²) in [6, 6.07) is 8.49. The van der Waals surface area contributed by atoms with E-state index in [1.165, 1.54) is 23.9 Å². The van der Waals surface area contributed by atoms with Crippen molar-refractivity contribution in [1.82, 2.24) is 9.88 Å². The van der Waals surface area contributed by atoms with Gasteiger partial charge in [0, 0.05) is 17.1 Å². The maximum atomic E-state index is 12.6. The Bertz CT molecular complexity index is 813. The number of thioether (sulfide) groups is 1. The standard InChI is InChI=1S/C20H21F3N2O3S/c1-14-2-5-16(10-24-14)28-12-17-11-25(8-9-27-17)19(26)13-29-18-6-3-15(4-7-18)20(21,22)23/h2-7,10,17H,8-9,11-13H2,1H3. The van der Waals surface area contributed by atoms with E-state index in [1.807, 2.05) is 19.1 Å². The number of halogens is 3. The smallest absolute Gasteiger partial charge is 0.416 e. The summed E-state index contributed by atoms with van der Waals surface area (Å²) in [5, 5.41) is 0. The van der Waals surface area contributed by atoms with E-state index in [1.54, 1.807) is 11.1 Å². The minimum Gasteiger partial charge on any atom is -0.489 e. The van der Waals surface area contributed by atoms with Gasteiger partial charge in [0.15, 0.2) is 0 Å². The average Bonchev–Trinajstić information content (AvgIpc) is 2.71. The first kappa shape index (κ1) is 21.4. The van der Waals surface area contributed by atoms with E-state index in [-0.39, 0.29) is 17.8 Å². The number of ether oxygens (including phenoxy) is 2. The predicted molar refractivity (Wildman–Crippen MR) is 103 cm³/mol. The number of hydrogen-bond donors (Lipinski definition) is 0. The molecule has 1 fully saturated rings. The quantitative estimate of drug-likeness (QED) is 0.658. The van der Waals surface area contributed by atoms with Crippen molar-refractivity contribution < 1.29 is 27.4 Å². The van der Waals surface area contributed by atoms with Crippen LogP contribution in [0.1, 0.15) is 11.3 Å². The number of nitrogens with zero attached hydrogens (tertiary/aromatic N) is 2. The second kappa shape index (κ2) is 9.49. The topological polar surface area (TPSA) is 51.7 Å². The number of morpholine rings is 1. The summed E-state index contributed by atoms with van der Waals surface area (Å²) in [6.45, 7) is 3.50. The van der Waals surface area contributed by atoms with Crippen molar-refractivity contribution in [1.29, 1.82) is 0 Å². The molecule has 2 aromatic rings. The van der Waals surface area contributed by atoms with Crippen molar-refractivity contribution >= 4 is 17.7 Å². The zero-order valence-corrected chi connectivity index (χ0v) is 16.6. The molecule has 156 valence electrons. The molecular formula is C20H21F3N2O3S. The Labute approximate surface area is 171 Å². The average molecular weight is 426 g/mol. The number of carbonyl (C=O) groups excluding carboxylic acids is 1. The van der Waals surface area contributed by atoms with Gasteiger partial charge >= 0.3 is 6.18 Å². The summed E-state index contributed by atoms with van der Waals surface area (Å²) in [5.74, 6) is 0.710. The van der Waals surface area contributed by atoms with Crippen molar-refractivity contribution in [2.45, 2.75) is 24.1 Å². The van der Waals surface area contributed by atoms with Gasteiger partial charge in [-0.2, -0.15) is 13.2 Å². The number of alkyl halides is 3. The lowest BCUT2D eigenvalue weighted by Gasteiger charge is -2.32. The van der Waals surface area contributed by atoms with Crippen LogP contribution in [-0.4, -0.2) is 54.0 Å². The monoisotopic (exact) mass is 426 g/mol. The van der Waals surface area contributed by atoms with Crippen molar-refractivity contribution in [2.75, 3.05) is 32.1 Å². The molecule has 1 atom stereocenters. The highest BCUT2D eigenvalue weighted by Crippen LogP contribution is 2.30. The third-order valence-electron chi connectivity index (χ3n) is 4.36. The zero-order chi connectivity index (χ0) is 20.9. The molecule has 0 N–H and O–H groups in total. The number of aryl methyl sites for hydroxylation is 1. The largest absolute Gasteiger partial charge is 0.489 e. The maximum absolute atomic E-state index is 12.6. The Hall–Kier alpha value is -2.26. The number of aromatic nitrogens is 1. The third kappa shape index (κ3) is 6.37. The number of hydrogen-bond acceptors (Lipinski definition) is 5. The molecule has 0 bridgehead atoms. The second-order valence-corrected chi connectivity index (χ2v) is 7.64. The Balaban J connectivity index is 1.46. The number of amides is 1. The minimum atomic E-state index is -4.36. The lowest BCUT2D eigenvalue weighted by Crippen LogP contribution is -2.48. The first-order valence-electron chi connectivity index (χ1n) is 9.06. The molecule has 1 aliphatic rings. The molecule has 1 amide bonds. The fourth-order valence-corrected chi connectivity index (χ4v) is 3.55. The van der Waals surface area contributed by atoms with Gasteiger partial charge in [-0.05, 0) is 43.3 Å². The minimum absolute atomic E-state index is 0.0831. The normalized spacial score (nSPS) is 17.2. The van der Waals surface area contributed by atoms with Gasteiger partial charge in [0.2, 0.25) is 5.91 Å². The van der Waals surface area contributed by atoms with E-state index in [4.69, 9.17) is 9.47 Å². The molecule has 0 radical (unpaired) electrons. The second-order valence-electron chi connectivity index (χ2n) is 6.59. The fourth-order valence-electron chi connectivity index (χ4n) is 2.75. The van der Waals surface area contributed by atoms with Gasteiger partial charge in [0.25, 0.3) is 0 Å². The van der Waals surface area contributed by atoms with Crippen LogP contribution in [-0.2, 0) is 15.7 Å². The molecule has 1 aromatic carbocycles. The maximum Gasteiger partial charge on any atom is 0.416 e. The number of carbonyl (C=O) groups is 1. The highest BCUT2D eigenvalue weighted by atomic mass is 32.2. The number of pyridine rings is 1. The van der Waals surface area contributed by atoms with E-state index < -0.39 is 11.7 Å². The van der Waals surface area contributed by atoms with E-state index in [9.17, 15) is 18.0 Å². The van der Waals surface area contributed by atoms with Crippen molar-refractivity contribution in [3.05, 3.63) is 53.9 Å². The van der Waals surface area contributed by atoms with Crippen LogP contribution in [0.5, 0.6) is 5.75 Å². The Morgan fingerprint density at radius 2 is 2.03 bits per heavy atom. The molecule has 3 rings (SSSR count). The molecule has 2 heterocycles. The summed E-state index contributed by atoms with van der Waals surface area (Å²) in [6.07, 6.45) is -2.97. The van der Waals surface area contributed by atoms with Crippen LogP contribution < -0.4 is 4.74 Å². The lowest BCUT2D eigenvalue weighted by atomic mass is 10.2. The van der Waals surface area contributed by atoms with Crippen LogP contribution in [0.2, 0.25) is 0 Å². The summed E-state index contributed by atoms with van der Waals surface area (Å²) in [5.41, 5.74) is 0.196. The Kier molecular flexibility index (Phi) is 7.02. The molecular weight excluding hydrogens is 405 g/mol. The van der Waals surface area contributed by atoms with E-state index in [0.29, 0.717) is 36.9 Å². The third-order valence-corrected chi connectivity index (χ3v) is 5.35. The van der Waals surface area contributed by atoms with Crippen molar-refractivity contribution in [3.8, 4) is 5.75 Å². The number of rotatable bonds is 6. The van der Waals surface area contributed by atoms with Gasteiger partial charge in [-0.15, -0.1) is 11.8 Å². The van der Waals surface area contributed by atoms with Crippen LogP contribution in [0.15, 0.2) is 47.5 Å². The van der Waals surface area contributed by atoms with E-state index in [0.717, 1.165) is 17.8 Å². The summed E-state index contributed by atoms with van der Waals surface area (Å²) in [4.78, 5) is 18.9. The summed E-state index contributed by atoms with van der Waals surface area (Å²) in [7, 11) is 0. The fraction of sp³-hybridized carbons (Fsp3) is 0.400. The molecule has 0 saturated carbocycles. The zero-order valence-electron chi connectivity index (χ0n) is 15.8. The molecule has 1 unspecified atom stereocenters. The molecule has 1 saturated heterocycles. The van der Waals surface area contributed by atoms with Crippen LogP contribution in [0.3, 0.4) is 0 Å². The highest BCUT2D eigenvalue weighted by molar-refractivity contribution is 8.00. The highest BCUT2D eigenvalue weighted by Gasteiger charge is 2.30. The molecule has 9 heteroatoms. The molecule has 1 aromatic heterocycles. The van der Waals surface area contributed by atoms with Crippen molar-refractivity contribution in [3.63, 3.8) is 0 Å². The number of benzene rings is 1. The first-order chi connectivity index (χ1) is 13.8. The van der Waals surface area contributed by atoms with E-state index in [2.05, 4.69) is 4.98 Å². The Morgan fingerprint density at radius 3 is 2.69 bits per heavy atom. The molecule has 1 aliphatic heterocycles. The lowest BCUT2D eigenvalue weighted by molar-refractivity contribution is -0.138.